The number of aryl methyl sites for hydroxylation is 1. The van der Waals surface area contributed by atoms with E-state index >= 15 is 0 Å². The minimum atomic E-state index is -3.83. The second kappa shape index (κ2) is 6.79. The molecule has 6 nitrogen and oxygen atoms in total. The SMILES string of the molecule is Cc1cc(CN(c2ccccc2)S(=O)(=O)c2ccc(C#N)cc2)on1. The van der Waals surface area contributed by atoms with Crippen LogP contribution < -0.4 is 4.31 Å². The number of sulfonamides is 1. The number of para-hydroxylation sites is 1. The second-order valence-electron chi connectivity index (χ2n) is 5.42. The smallest absolute Gasteiger partial charge is 0.264 e. The van der Waals surface area contributed by atoms with Gasteiger partial charge in [-0.2, -0.15) is 5.26 Å². The standard InChI is InChI=1S/C18H15N3O3S/c1-14-11-17(24-20-14)13-21(16-5-3-2-4-6-16)25(22,23)18-9-7-15(12-19)8-10-18/h2-11H,13H2,1H3. The lowest BCUT2D eigenvalue weighted by Gasteiger charge is -2.23. The Hall–Kier alpha value is -3.11. The first-order valence-corrected chi connectivity index (χ1v) is 8.95. The Labute approximate surface area is 146 Å². The van der Waals surface area contributed by atoms with Gasteiger partial charge in [-0.05, 0) is 43.3 Å². The lowest BCUT2D eigenvalue weighted by Crippen LogP contribution is -2.30. The molecule has 0 bridgehead atoms. The van der Waals surface area contributed by atoms with Gasteiger partial charge in [0.1, 0.15) is 0 Å². The number of aromatic nitrogens is 1. The summed E-state index contributed by atoms with van der Waals surface area (Å²) in [6, 6.07) is 18.3. The zero-order valence-corrected chi connectivity index (χ0v) is 14.3. The molecule has 126 valence electrons. The number of benzene rings is 2. The molecule has 3 aromatic rings. The number of hydrogen-bond acceptors (Lipinski definition) is 5. The third-order valence-corrected chi connectivity index (χ3v) is 5.38. The van der Waals surface area contributed by atoms with Crippen molar-refractivity contribution in [1.29, 1.82) is 5.26 Å². The van der Waals surface area contributed by atoms with Gasteiger partial charge in [-0.15, -0.1) is 0 Å². The first-order valence-electron chi connectivity index (χ1n) is 7.51. The molecule has 0 radical (unpaired) electrons. The van der Waals surface area contributed by atoms with Gasteiger partial charge < -0.3 is 4.52 Å². The molecule has 2 aromatic carbocycles. The van der Waals surface area contributed by atoms with E-state index in [9.17, 15) is 8.42 Å². The van der Waals surface area contributed by atoms with E-state index in [1.165, 1.54) is 28.6 Å². The zero-order chi connectivity index (χ0) is 17.9. The average molecular weight is 353 g/mol. The van der Waals surface area contributed by atoms with Gasteiger partial charge in [0.15, 0.2) is 5.76 Å². The van der Waals surface area contributed by atoms with Crippen LogP contribution in [0.1, 0.15) is 17.0 Å². The van der Waals surface area contributed by atoms with E-state index in [-0.39, 0.29) is 11.4 Å². The van der Waals surface area contributed by atoms with Gasteiger partial charge in [-0.1, -0.05) is 23.4 Å². The summed E-state index contributed by atoms with van der Waals surface area (Å²) in [6.45, 7) is 1.79. The number of nitriles is 1. The highest BCUT2D eigenvalue weighted by molar-refractivity contribution is 7.92. The fourth-order valence-corrected chi connectivity index (χ4v) is 3.80. The van der Waals surface area contributed by atoms with Crippen LogP contribution in [-0.4, -0.2) is 13.6 Å². The maximum absolute atomic E-state index is 13.1. The fraction of sp³-hybridized carbons (Fsp3) is 0.111. The van der Waals surface area contributed by atoms with Crippen molar-refractivity contribution in [1.82, 2.24) is 5.16 Å². The van der Waals surface area contributed by atoms with Crippen LogP contribution >= 0.6 is 0 Å². The predicted octanol–water partition coefficient (Wildman–Crippen LogP) is 3.25. The van der Waals surface area contributed by atoms with Gasteiger partial charge in [-0.25, -0.2) is 8.42 Å². The molecule has 1 aromatic heterocycles. The van der Waals surface area contributed by atoms with E-state index in [0.717, 1.165) is 0 Å². The molecule has 0 amide bonds. The van der Waals surface area contributed by atoms with Gasteiger partial charge in [0.25, 0.3) is 10.0 Å². The van der Waals surface area contributed by atoms with Crippen molar-refractivity contribution in [2.75, 3.05) is 4.31 Å². The lowest BCUT2D eigenvalue weighted by molar-refractivity contribution is 0.381. The van der Waals surface area contributed by atoms with Crippen LogP contribution in [0.4, 0.5) is 5.69 Å². The van der Waals surface area contributed by atoms with Crippen LogP contribution in [0.15, 0.2) is 70.1 Å². The number of hydrogen-bond donors (Lipinski definition) is 0. The molecule has 1 heterocycles. The van der Waals surface area contributed by atoms with Crippen molar-refractivity contribution in [2.24, 2.45) is 0 Å². The number of rotatable bonds is 5. The van der Waals surface area contributed by atoms with Gasteiger partial charge in [-0.3, -0.25) is 4.31 Å². The number of anilines is 1. The molecule has 0 spiro atoms. The maximum Gasteiger partial charge on any atom is 0.264 e. The summed E-state index contributed by atoms with van der Waals surface area (Å²) in [4.78, 5) is 0.103. The van der Waals surface area contributed by atoms with Crippen LogP contribution in [0, 0.1) is 18.3 Å². The molecule has 25 heavy (non-hydrogen) atoms. The summed E-state index contributed by atoms with van der Waals surface area (Å²) in [5.41, 5.74) is 1.59. The van der Waals surface area contributed by atoms with Crippen molar-refractivity contribution in [3.05, 3.63) is 77.7 Å². The third kappa shape index (κ3) is 3.54. The van der Waals surface area contributed by atoms with Gasteiger partial charge in [0, 0.05) is 6.07 Å². The minimum absolute atomic E-state index is 0.0210. The zero-order valence-electron chi connectivity index (χ0n) is 13.5. The van der Waals surface area contributed by atoms with Crippen molar-refractivity contribution in [3.8, 4) is 6.07 Å². The lowest BCUT2D eigenvalue weighted by atomic mass is 10.2. The van der Waals surface area contributed by atoms with Gasteiger partial charge in [0.05, 0.1) is 34.5 Å². The summed E-state index contributed by atoms with van der Waals surface area (Å²) in [6.07, 6.45) is 0. The van der Waals surface area contributed by atoms with Gasteiger partial charge >= 0.3 is 0 Å². The molecule has 0 N–H and O–H groups in total. The molecule has 0 aliphatic heterocycles. The first kappa shape index (κ1) is 16.7. The summed E-state index contributed by atoms with van der Waals surface area (Å²) in [5, 5.41) is 12.7. The van der Waals surface area contributed by atoms with E-state index in [4.69, 9.17) is 9.78 Å². The summed E-state index contributed by atoms with van der Waals surface area (Å²) in [5.74, 6) is 0.443. The molecule has 0 aliphatic rings. The van der Waals surface area contributed by atoms with Crippen molar-refractivity contribution >= 4 is 15.7 Å². The largest absolute Gasteiger partial charge is 0.359 e. The van der Waals surface area contributed by atoms with E-state index in [2.05, 4.69) is 5.16 Å². The Balaban J connectivity index is 2.04. The summed E-state index contributed by atoms with van der Waals surface area (Å²) in [7, 11) is -3.83. The van der Waals surface area contributed by atoms with E-state index in [1.54, 1.807) is 37.3 Å². The first-order chi connectivity index (χ1) is 12.0. The van der Waals surface area contributed by atoms with Crippen LogP contribution in [0.5, 0.6) is 0 Å². The highest BCUT2D eigenvalue weighted by atomic mass is 32.2. The normalized spacial score (nSPS) is 11.0. The van der Waals surface area contributed by atoms with Crippen molar-refractivity contribution in [2.45, 2.75) is 18.4 Å². The molecule has 0 atom stereocenters. The Morgan fingerprint density at radius 2 is 1.80 bits per heavy atom. The topological polar surface area (TPSA) is 87.2 Å². The number of nitrogens with zero attached hydrogens (tertiary/aromatic N) is 3. The van der Waals surface area contributed by atoms with Gasteiger partial charge in [0.2, 0.25) is 0 Å². The molecule has 7 heteroatoms. The molecule has 0 fully saturated rings. The van der Waals surface area contributed by atoms with Crippen LogP contribution in [-0.2, 0) is 16.6 Å². The predicted molar refractivity (Wildman–Crippen MR) is 92.2 cm³/mol. The molecule has 0 saturated heterocycles. The van der Waals surface area contributed by atoms with E-state index in [1.807, 2.05) is 12.1 Å². The Morgan fingerprint density at radius 1 is 1.12 bits per heavy atom. The molecular weight excluding hydrogens is 338 g/mol. The fourth-order valence-electron chi connectivity index (χ4n) is 2.37. The Morgan fingerprint density at radius 3 is 2.36 bits per heavy atom. The molecule has 0 saturated carbocycles. The van der Waals surface area contributed by atoms with Crippen molar-refractivity contribution in [3.63, 3.8) is 0 Å². The van der Waals surface area contributed by atoms with Crippen LogP contribution in [0.2, 0.25) is 0 Å². The summed E-state index contributed by atoms with van der Waals surface area (Å²) >= 11 is 0. The van der Waals surface area contributed by atoms with Crippen LogP contribution in [0.3, 0.4) is 0 Å². The average Bonchev–Trinajstić information content (AvgIpc) is 3.05. The van der Waals surface area contributed by atoms with E-state index in [0.29, 0.717) is 22.7 Å². The summed E-state index contributed by atoms with van der Waals surface area (Å²) < 4.78 is 32.7. The second-order valence-corrected chi connectivity index (χ2v) is 7.28. The van der Waals surface area contributed by atoms with Crippen LogP contribution in [0.25, 0.3) is 0 Å². The quantitative estimate of drug-likeness (QED) is 0.702. The molecular formula is C18H15N3O3S. The highest BCUT2D eigenvalue weighted by Crippen LogP contribution is 2.26. The molecule has 0 unspecified atom stereocenters. The highest BCUT2D eigenvalue weighted by Gasteiger charge is 2.26. The Bertz CT molecular complexity index is 1000. The van der Waals surface area contributed by atoms with E-state index < -0.39 is 10.0 Å². The molecule has 0 aliphatic carbocycles. The Kier molecular flexibility index (Phi) is 4.55. The van der Waals surface area contributed by atoms with Crippen molar-refractivity contribution < 1.29 is 12.9 Å². The third-order valence-electron chi connectivity index (χ3n) is 3.59. The molecule has 3 rings (SSSR count). The maximum atomic E-state index is 13.1. The minimum Gasteiger partial charge on any atom is -0.359 e. The monoisotopic (exact) mass is 353 g/mol.